The number of anilines is 1. The van der Waals surface area contributed by atoms with Gasteiger partial charge in [-0.25, -0.2) is 13.6 Å². The van der Waals surface area contributed by atoms with Gasteiger partial charge in [-0.1, -0.05) is 0 Å². The van der Waals surface area contributed by atoms with Crippen LogP contribution >= 0.6 is 15.9 Å². The van der Waals surface area contributed by atoms with Crippen LogP contribution in [0.15, 0.2) is 27.6 Å². The van der Waals surface area contributed by atoms with E-state index in [2.05, 4.69) is 26.6 Å². The molecule has 4 N–H and O–H groups in total. The molecule has 0 bridgehead atoms. The summed E-state index contributed by atoms with van der Waals surface area (Å²) in [6.07, 6.45) is 0.281. The van der Waals surface area contributed by atoms with Crippen molar-refractivity contribution in [1.29, 1.82) is 0 Å². The number of hydrogen-bond donors (Lipinski definition) is 3. The number of primary sulfonamides is 1. The van der Waals surface area contributed by atoms with Gasteiger partial charge in [0.05, 0.1) is 23.8 Å². The molecule has 1 aliphatic rings. The lowest BCUT2D eigenvalue weighted by Crippen LogP contribution is -2.43. The molecule has 1 heterocycles. The topological polar surface area (TPSA) is 111 Å². The van der Waals surface area contributed by atoms with E-state index in [1.165, 1.54) is 18.2 Å². The second-order valence-corrected chi connectivity index (χ2v) is 7.08. The zero-order valence-electron chi connectivity index (χ0n) is 11.1. The zero-order valence-corrected chi connectivity index (χ0v) is 13.5. The lowest BCUT2D eigenvalue weighted by atomic mass is 10.2. The van der Waals surface area contributed by atoms with Crippen LogP contribution in [0.3, 0.4) is 0 Å². The van der Waals surface area contributed by atoms with E-state index in [-0.39, 0.29) is 23.3 Å². The molecule has 1 unspecified atom stereocenters. The first-order valence-electron chi connectivity index (χ1n) is 6.29. The third-order valence-electron chi connectivity index (χ3n) is 2.97. The van der Waals surface area contributed by atoms with Crippen molar-refractivity contribution >= 4 is 37.5 Å². The van der Waals surface area contributed by atoms with E-state index in [4.69, 9.17) is 9.88 Å². The van der Waals surface area contributed by atoms with Crippen molar-refractivity contribution in [3.8, 4) is 0 Å². The van der Waals surface area contributed by atoms with Gasteiger partial charge in [0, 0.05) is 23.5 Å². The Bertz CT molecular complexity index is 629. The zero-order chi connectivity index (χ0) is 15.5. The van der Waals surface area contributed by atoms with Crippen molar-refractivity contribution in [3.05, 3.63) is 22.7 Å². The van der Waals surface area contributed by atoms with E-state index in [1.807, 2.05) is 0 Å². The number of hydrogen-bond acceptors (Lipinski definition) is 5. The number of nitrogens with one attached hydrogen (secondary N) is 2. The number of ether oxygens (including phenoxy) is 1. The molecular formula is C12H16BrN3O4S. The van der Waals surface area contributed by atoms with Crippen LogP contribution in [0.2, 0.25) is 0 Å². The fourth-order valence-corrected chi connectivity index (χ4v) is 3.12. The van der Waals surface area contributed by atoms with E-state index in [0.717, 1.165) is 6.54 Å². The summed E-state index contributed by atoms with van der Waals surface area (Å²) in [6.45, 7) is 1.88. The smallest absolute Gasteiger partial charge is 0.238 e. The number of carbonyl (C=O) groups is 1. The molecule has 0 saturated carbocycles. The molecule has 1 saturated heterocycles. The predicted octanol–water partition coefficient (Wildman–Crippen LogP) is 0.414. The number of sulfonamides is 1. The summed E-state index contributed by atoms with van der Waals surface area (Å²) in [5, 5.41) is 10.9. The standard InChI is InChI=1S/C12H16BrN3O4S/c13-10-6-9(21(14,18)19)1-2-11(10)16-12(17)5-8-7-20-4-3-15-8/h1-2,6,8,15H,3-5,7H2,(H,16,17)(H2,14,18,19). The fraction of sp³-hybridized carbons (Fsp3) is 0.417. The monoisotopic (exact) mass is 377 g/mol. The number of morpholine rings is 1. The first kappa shape index (κ1) is 16.4. The van der Waals surface area contributed by atoms with Crippen molar-refractivity contribution in [2.75, 3.05) is 25.1 Å². The lowest BCUT2D eigenvalue weighted by Gasteiger charge is -2.23. The van der Waals surface area contributed by atoms with Gasteiger partial charge in [0.25, 0.3) is 0 Å². The van der Waals surface area contributed by atoms with Gasteiger partial charge in [0.1, 0.15) is 0 Å². The Balaban J connectivity index is 2.00. The number of rotatable bonds is 4. The van der Waals surface area contributed by atoms with Gasteiger partial charge in [-0.05, 0) is 34.1 Å². The van der Waals surface area contributed by atoms with Crippen LogP contribution in [0.5, 0.6) is 0 Å². The molecule has 1 aromatic rings. The predicted molar refractivity (Wildman–Crippen MR) is 81.4 cm³/mol. The molecule has 1 aliphatic heterocycles. The maximum absolute atomic E-state index is 11.9. The highest BCUT2D eigenvalue weighted by atomic mass is 79.9. The molecule has 0 spiro atoms. The second kappa shape index (κ2) is 6.84. The third-order valence-corrected chi connectivity index (χ3v) is 4.54. The summed E-state index contributed by atoms with van der Waals surface area (Å²) in [6, 6.07) is 4.18. The van der Waals surface area contributed by atoms with E-state index in [9.17, 15) is 13.2 Å². The normalized spacial score (nSPS) is 19.2. The first-order valence-corrected chi connectivity index (χ1v) is 8.63. The maximum Gasteiger partial charge on any atom is 0.238 e. The van der Waals surface area contributed by atoms with Gasteiger partial charge in [-0.2, -0.15) is 0 Å². The largest absolute Gasteiger partial charge is 0.378 e. The van der Waals surface area contributed by atoms with Crippen LogP contribution in [0.4, 0.5) is 5.69 Å². The van der Waals surface area contributed by atoms with E-state index >= 15 is 0 Å². The number of nitrogens with two attached hydrogens (primary N) is 1. The fourth-order valence-electron chi connectivity index (χ4n) is 1.95. The van der Waals surface area contributed by atoms with Gasteiger partial charge in [-0.15, -0.1) is 0 Å². The Kier molecular flexibility index (Phi) is 5.33. The molecule has 0 aromatic heterocycles. The van der Waals surface area contributed by atoms with Gasteiger partial charge in [-0.3, -0.25) is 4.79 Å². The van der Waals surface area contributed by atoms with Crippen LogP contribution in [0.25, 0.3) is 0 Å². The van der Waals surface area contributed by atoms with Crippen molar-refractivity contribution in [1.82, 2.24) is 5.32 Å². The van der Waals surface area contributed by atoms with Crippen LogP contribution in [0.1, 0.15) is 6.42 Å². The lowest BCUT2D eigenvalue weighted by molar-refractivity contribution is -0.117. The van der Waals surface area contributed by atoms with E-state index < -0.39 is 10.0 Å². The van der Waals surface area contributed by atoms with Gasteiger partial charge in [0.15, 0.2) is 0 Å². The Morgan fingerprint density at radius 3 is 2.86 bits per heavy atom. The van der Waals surface area contributed by atoms with E-state index in [0.29, 0.717) is 23.4 Å². The highest BCUT2D eigenvalue weighted by molar-refractivity contribution is 9.10. The molecule has 7 nitrogen and oxygen atoms in total. The number of halogens is 1. The Labute approximate surface area is 131 Å². The molecule has 0 radical (unpaired) electrons. The van der Waals surface area contributed by atoms with Crippen LogP contribution < -0.4 is 15.8 Å². The van der Waals surface area contributed by atoms with Crippen molar-refractivity contribution < 1.29 is 17.9 Å². The number of carbonyl (C=O) groups excluding carboxylic acids is 1. The number of benzene rings is 1. The molecule has 1 fully saturated rings. The van der Waals surface area contributed by atoms with Crippen molar-refractivity contribution in [3.63, 3.8) is 0 Å². The average Bonchev–Trinajstić information content (AvgIpc) is 2.41. The maximum atomic E-state index is 11.9. The average molecular weight is 378 g/mol. The van der Waals surface area contributed by atoms with Crippen LogP contribution in [-0.2, 0) is 19.6 Å². The minimum atomic E-state index is -3.76. The molecule has 0 aliphatic carbocycles. The Morgan fingerprint density at radius 1 is 1.52 bits per heavy atom. The summed E-state index contributed by atoms with van der Waals surface area (Å²) in [5.74, 6) is -0.179. The molecular weight excluding hydrogens is 362 g/mol. The molecule has 2 rings (SSSR count). The summed E-state index contributed by atoms with van der Waals surface area (Å²) < 4.78 is 28.2. The highest BCUT2D eigenvalue weighted by Crippen LogP contribution is 2.25. The minimum absolute atomic E-state index is 0.0128. The molecule has 9 heteroatoms. The van der Waals surface area contributed by atoms with Gasteiger partial charge >= 0.3 is 0 Å². The van der Waals surface area contributed by atoms with E-state index in [1.54, 1.807) is 0 Å². The van der Waals surface area contributed by atoms with Crippen LogP contribution in [-0.4, -0.2) is 40.1 Å². The minimum Gasteiger partial charge on any atom is -0.378 e. The van der Waals surface area contributed by atoms with Crippen molar-refractivity contribution in [2.24, 2.45) is 5.14 Å². The third kappa shape index (κ3) is 4.75. The summed E-state index contributed by atoms with van der Waals surface area (Å²) in [5.41, 5.74) is 0.490. The SMILES string of the molecule is NS(=O)(=O)c1ccc(NC(=O)CC2COCCN2)c(Br)c1. The van der Waals surface area contributed by atoms with Gasteiger partial charge in [0.2, 0.25) is 15.9 Å². The summed E-state index contributed by atoms with van der Waals surface area (Å²) in [4.78, 5) is 11.9. The molecule has 116 valence electrons. The summed E-state index contributed by atoms with van der Waals surface area (Å²) >= 11 is 3.22. The number of amides is 1. The quantitative estimate of drug-likeness (QED) is 0.703. The van der Waals surface area contributed by atoms with Gasteiger partial charge < -0.3 is 15.4 Å². The highest BCUT2D eigenvalue weighted by Gasteiger charge is 2.18. The summed E-state index contributed by atoms with van der Waals surface area (Å²) in [7, 11) is -3.76. The van der Waals surface area contributed by atoms with Crippen molar-refractivity contribution in [2.45, 2.75) is 17.4 Å². The molecule has 1 amide bonds. The molecule has 1 atom stereocenters. The van der Waals surface area contributed by atoms with Crippen LogP contribution in [0, 0.1) is 0 Å². The molecule has 21 heavy (non-hydrogen) atoms. The Hall–Kier alpha value is -1.00. The first-order chi connectivity index (χ1) is 9.86. The second-order valence-electron chi connectivity index (χ2n) is 4.66. The Morgan fingerprint density at radius 2 is 2.29 bits per heavy atom. The molecule has 1 aromatic carbocycles.